The average molecular weight is 361 g/mol. The summed E-state index contributed by atoms with van der Waals surface area (Å²) in [6, 6.07) is 7.08. The second-order valence-electron chi connectivity index (χ2n) is 5.78. The van der Waals surface area contributed by atoms with Crippen LogP contribution in [-0.4, -0.2) is 38.9 Å². The molecule has 2 N–H and O–H groups in total. The number of hydrogen-bond acceptors (Lipinski definition) is 5. The molecule has 0 spiro atoms. The minimum absolute atomic E-state index is 0.108. The van der Waals surface area contributed by atoms with E-state index >= 15 is 0 Å². The highest BCUT2D eigenvalue weighted by Gasteiger charge is 2.11. The van der Waals surface area contributed by atoms with Crippen molar-refractivity contribution < 1.29 is 9.59 Å². The molecule has 8 heteroatoms. The Morgan fingerprint density at radius 1 is 1.24 bits per heavy atom. The highest BCUT2D eigenvalue weighted by atomic mass is 32.2. The maximum atomic E-state index is 12.1. The van der Waals surface area contributed by atoms with Crippen molar-refractivity contribution in [2.75, 3.05) is 17.6 Å². The number of nitrogens with zero attached hydrogens (tertiary/aromatic N) is 3. The standard InChI is InChI=1S/C17H23N5O2S/c1-4-9-18-16(24)13-5-7-14(8-6-13)20-15(23)10-25-17-21-19-11-22(17)12(2)3/h5-8,11-12H,4,9-10H2,1-3H3,(H,18,24)(H,20,23). The van der Waals surface area contributed by atoms with Gasteiger partial charge in [0, 0.05) is 23.8 Å². The Bertz CT molecular complexity index is 712. The first-order valence-corrected chi connectivity index (χ1v) is 9.20. The van der Waals surface area contributed by atoms with Crippen molar-refractivity contribution >= 4 is 29.3 Å². The van der Waals surface area contributed by atoms with Crippen LogP contribution in [0.3, 0.4) is 0 Å². The van der Waals surface area contributed by atoms with Crippen LogP contribution in [0.2, 0.25) is 0 Å². The van der Waals surface area contributed by atoms with Crippen LogP contribution in [0.1, 0.15) is 43.6 Å². The van der Waals surface area contributed by atoms with Gasteiger partial charge in [-0.1, -0.05) is 18.7 Å². The van der Waals surface area contributed by atoms with Gasteiger partial charge < -0.3 is 15.2 Å². The number of nitrogens with one attached hydrogen (secondary N) is 2. The zero-order valence-electron chi connectivity index (χ0n) is 14.7. The van der Waals surface area contributed by atoms with E-state index in [0.29, 0.717) is 23.0 Å². The molecule has 134 valence electrons. The van der Waals surface area contributed by atoms with Crippen molar-refractivity contribution in [1.82, 2.24) is 20.1 Å². The van der Waals surface area contributed by atoms with E-state index in [1.54, 1.807) is 30.6 Å². The van der Waals surface area contributed by atoms with Crippen molar-refractivity contribution in [3.8, 4) is 0 Å². The Balaban J connectivity index is 1.86. The number of carbonyl (C=O) groups is 2. The molecule has 0 atom stereocenters. The smallest absolute Gasteiger partial charge is 0.251 e. The molecule has 0 bridgehead atoms. The number of aromatic nitrogens is 3. The number of rotatable bonds is 8. The Labute approximate surface area is 151 Å². The topological polar surface area (TPSA) is 88.9 Å². The molecule has 2 aromatic rings. The summed E-state index contributed by atoms with van der Waals surface area (Å²) < 4.78 is 1.92. The third-order valence-electron chi connectivity index (χ3n) is 3.40. The highest BCUT2D eigenvalue weighted by Crippen LogP contribution is 2.19. The molecule has 0 aliphatic rings. The van der Waals surface area contributed by atoms with Crippen LogP contribution in [-0.2, 0) is 4.79 Å². The van der Waals surface area contributed by atoms with Crippen molar-refractivity contribution in [1.29, 1.82) is 0 Å². The predicted molar refractivity (Wildman–Crippen MR) is 98.8 cm³/mol. The van der Waals surface area contributed by atoms with Crippen LogP contribution in [0.15, 0.2) is 35.7 Å². The molecule has 0 saturated heterocycles. The van der Waals surface area contributed by atoms with Crippen LogP contribution in [0.5, 0.6) is 0 Å². The molecule has 0 radical (unpaired) electrons. The molecule has 0 fully saturated rings. The average Bonchev–Trinajstić information content (AvgIpc) is 3.07. The molecule has 0 unspecified atom stereocenters. The molecule has 1 aromatic heterocycles. The van der Waals surface area contributed by atoms with Gasteiger partial charge in [-0.05, 0) is 44.5 Å². The molecule has 2 rings (SSSR count). The molecule has 2 amide bonds. The van der Waals surface area contributed by atoms with Crippen LogP contribution in [0.4, 0.5) is 5.69 Å². The van der Waals surface area contributed by atoms with Crippen LogP contribution in [0.25, 0.3) is 0 Å². The zero-order chi connectivity index (χ0) is 18.2. The third kappa shape index (κ3) is 5.60. The number of anilines is 1. The molecule has 1 aromatic carbocycles. The number of hydrogen-bond donors (Lipinski definition) is 2. The van der Waals surface area contributed by atoms with E-state index in [1.165, 1.54) is 11.8 Å². The van der Waals surface area contributed by atoms with Crippen molar-refractivity contribution in [3.05, 3.63) is 36.2 Å². The fraction of sp³-hybridized carbons (Fsp3) is 0.412. The first-order chi connectivity index (χ1) is 12.0. The summed E-state index contributed by atoms with van der Waals surface area (Å²) in [5.41, 5.74) is 1.23. The Kier molecular flexibility index (Phi) is 7.00. The quantitative estimate of drug-likeness (QED) is 0.706. The lowest BCUT2D eigenvalue weighted by molar-refractivity contribution is -0.113. The fourth-order valence-electron chi connectivity index (χ4n) is 2.06. The molecule has 0 aliphatic carbocycles. The van der Waals surface area contributed by atoms with Crippen molar-refractivity contribution in [3.63, 3.8) is 0 Å². The molecule has 25 heavy (non-hydrogen) atoms. The van der Waals surface area contributed by atoms with Gasteiger partial charge in [0.05, 0.1) is 5.75 Å². The van der Waals surface area contributed by atoms with Gasteiger partial charge in [-0.15, -0.1) is 10.2 Å². The molecule has 0 aliphatic heterocycles. The monoisotopic (exact) mass is 361 g/mol. The summed E-state index contributed by atoms with van der Waals surface area (Å²) in [6.45, 7) is 6.72. The van der Waals surface area contributed by atoms with Gasteiger partial charge in [0.15, 0.2) is 5.16 Å². The van der Waals surface area contributed by atoms with Crippen LogP contribution in [0, 0.1) is 0 Å². The van der Waals surface area contributed by atoms with E-state index in [2.05, 4.69) is 20.8 Å². The molecular formula is C17H23N5O2S. The van der Waals surface area contributed by atoms with E-state index in [4.69, 9.17) is 0 Å². The SMILES string of the molecule is CCCNC(=O)c1ccc(NC(=O)CSc2nncn2C(C)C)cc1. The lowest BCUT2D eigenvalue weighted by atomic mass is 10.2. The number of thioether (sulfide) groups is 1. The summed E-state index contributed by atoms with van der Waals surface area (Å²) in [4.78, 5) is 23.9. The fourth-order valence-corrected chi connectivity index (χ4v) is 2.91. The maximum Gasteiger partial charge on any atom is 0.251 e. The molecule has 0 saturated carbocycles. The Hall–Kier alpha value is -2.35. The largest absolute Gasteiger partial charge is 0.352 e. The number of benzene rings is 1. The van der Waals surface area contributed by atoms with Crippen molar-refractivity contribution in [2.45, 2.75) is 38.4 Å². The van der Waals surface area contributed by atoms with Gasteiger partial charge >= 0.3 is 0 Å². The van der Waals surface area contributed by atoms with Gasteiger partial charge in [0.2, 0.25) is 5.91 Å². The van der Waals surface area contributed by atoms with E-state index in [0.717, 1.165) is 6.42 Å². The second kappa shape index (κ2) is 9.22. The van der Waals surface area contributed by atoms with Gasteiger partial charge in [-0.3, -0.25) is 9.59 Å². The summed E-state index contributed by atoms with van der Waals surface area (Å²) in [5, 5.41) is 14.2. The second-order valence-corrected chi connectivity index (χ2v) is 6.73. The molecular weight excluding hydrogens is 338 g/mol. The summed E-state index contributed by atoms with van der Waals surface area (Å²) >= 11 is 1.34. The van der Waals surface area contributed by atoms with E-state index in [9.17, 15) is 9.59 Å². The van der Waals surface area contributed by atoms with Crippen LogP contribution >= 0.6 is 11.8 Å². The van der Waals surface area contributed by atoms with Crippen molar-refractivity contribution in [2.24, 2.45) is 0 Å². The van der Waals surface area contributed by atoms with Gasteiger partial charge in [0.1, 0.15) is 6.33 Å². The molecule has 7 nitrogen and oxygen atoms in total. The lowest BCUT2D eigenvalue weighted by Gasteiger charge is -2.09. The maximum absolute atomic E-state index is 12.1. The number of amides is 2. The minimum Gasteiger partial charge on any atom is -0.352 e. The summed E-state index contributed by atoms with van der Waals surface area (Å²) in [7, 11) is 0. The Morgan fingerprint density at radius 2 is 1.96 bits per heavy atom. The third-order valence-corrected chi connectivity index (χ3v) is 4.35. The first-order valence-electron chi connectivity index (χ1n) is 8.21. The van der Waals surface area contributed by atoms with Gasteiger partial charge in [-0.2, -0.15) is 0 Å². The summed E-state index contributed by atoms with van der Waals surface area (Å²) in [6.07, 6.45) is 2.55. The van der Waals surface area contributed by atoms with E-state index in [1.807, 2.05) is 25.3 Å². The first kappa shape index (κ1) is 19.0. The van der Waals surface area contributed by atoms with Crippen LogP contribution < -0.4 is 10.6 Å². The molecule has 1 heterocycles. The zero-order valence-corrected chi connectivity index (χ0v) is 15.5. The van der Waals surface area contributed by atoms with Gasteiger partial charge in [-0.25, -0.2) is 0 Å². The number of carbonyl (C=O) groups excluding carboxylic acids is 2. The predicted octanol–water partition coefficient (Wildman–Crippen LogP) is 2.73. The summed E-state index contributed by atoms with van der Waals surface area (Å²) in [5.74, 6) is -0.000702. The normalized spacial score (nSPS) is 10.7. The van der Waals surface area contributed by atoms with Gasteiger partial charge in [0.25, 0.3) is 5.91 Å². The Morgan fingerprint density at radius 3 is 2.60 bits per heavy atom. The van der Waals surface area contributed by atoms with E-state index in [-0.39, 0.29) is 23.6 Å². The van der Waals surface area contributed by atoms with E-state index < -0.39 is 0 Å². The lowest BCUT2D eigenvalue weighted by Crippen LogP contribution is -2.23. The highest BCUT2D eigenvalue weighted by molar-refractivity contribution is 7.99. The minimum atomic E-state index is -0.133.